The van der Waals surface area contributed by atoms with Crippen molar-refractivity contribution in [1.82, 2.24) is 9.55 Å². The molecular formula is C25H23N3O5S. The third kappa shape index (κ3) is 4.84. The highest BCUT2D eigenvalue weighted by Gasteiger charge is 2.17. The minimum atomic E-state index is -0.531. The number of nitrogens with one attached hydrogen (secondary N) is 1. The fraction of sp³-hybridized carbons (Fsp3) is 0.200. The molecule has 0 aliphatic heterocycles. The summed E-state index contributed by atoms with van der Waals surface area (Å²) in [6.45, 7) is 4.17. The van der Waals surface area contributed by atoms with Crippen molar-refractivity contribution >= 4 is 39.1 Å². The summed E-state index contributed by atoms with van der Waals surface area (Å²) in [6.07, 6.45) is 1.36. The molecule has 0 atom stereocenters. The first-order valence-corrected chi connectivity index (χ1v) is 11.7. The lowest BCUT2D eigenvalue weighted by atomic mass is 10.1. The third-order valence-corrected chi connectivity index (χ3v) is 5.93. The number of amides is 1. The third-order valence-electron chi connectivity index (χ3n) is 5.05. The van der Waals surface area contributed by atoms with E-state index in [1.165, 1.54) is 22.2 Å². The van der Waals surface area contributed by atoms with E-state index in [0.29, 0.717) is 22.5 Å². The van der Waals surface area contributed by atoms with Crippen LogP contribution in [-0.4, -0.2) is 34.6 Å². The monoisotopic (exact) mass is 477 g/mol. The standard InChI is InChI=1S/C25H23N3O5S/c1-3-32-17-11-9-16(10-12-17)19-14-34-23-22(19)24(30)28(15-26-23)13-21(29)27-20-8-6-5-7-18(20)25(31)33-4-2/h5-12,14-15H,3-4,13H2,1-2H3,(H,27,29). The Labute approximate surface area is 199 Å². The molecule has 0 fully saturated rings. The summed E-state index contributed by atoms with van der Waals surface area (Å²) >= 11 is 1.37. The summed E-state index contributed by atoms with van der Waals surface area (Å²) in [4.78, 5) is 43.1. The van der Waals surface area contributed by atoms with Crippen LogP contribution in [0.2, 0.25) is 0 Å². The van der Waals surface area contributed by atoms with Gasteiger partial charge in [-0.1, -0.05) is 24.3 Å². The van der Waals surface area contributed by atoms with Crippen LogP contribution >= 0.6 is 11.3 Å². The van der Waals surface area contributed by atoms with Gasteiger partial charge in [0.15, 0.2) is 0 Å². The number of rotatable bonds is 8. The first-order chi connectivity index (χ1) is 16.5. The SMILES string of the molecule is CCOC(=O)c1ccccc1NC(=O)Cn1cnc2scc(-c3ccc(OCC)cc3)c2c1=O. The first-order valence-electron chi connectivity index (χ1n) is 10.8. The molecular weight excluding hydrogens is 454 g/mol. The van der Waals surface area contributed by atoms with E-state index in [2.05, 4.69) is 10.3 Å². The predicted octanol–water partition coefficient (Wildman–Crippen LogP) is 4.34. The maximum atomic E-state index is 13.3. The summed E-state index contributed by atoms with van der Waals surface area (Å²) in [5, 5.41) is 5.03. The molecule has 0 saturated heterocycles. The van der Waals surface area contributed by atoms with E-state index in [4.69, 9.17) is 9.47 Å². The van der Waals surface area contributed by atoms with E-state index >= 15 is 0 Å². The van der Waals surface area contributed by atoms with Gasteiger partial charge >= 0.3 is 5.97 Å². The first kappa shape index (κ1) is 23.2. The maximum Gasteiger partial charge on any atom is 0.340 e. The molecule has 174 valence electrons. The second-order valence-electron chi connectivity index (χ2n) is 7.28. The van der Waals surface area contributed by atoms with Crippen LogP contribution in [0.4, 0.5) is 5.69 Å². The van der Waals surface area contributed by atoms with Gasteiger partial charge in [-0.05, 0) is 43.7 Å². The van der Waals surface area contributed by atoms with E-state index in [-0.39, 0.29) is 24.3 Å². The predicted molar refractivity (Wildman–Crippen MR) is 132 cm³/mol. The van der Waals surface area contributed by atoms with Crippen LogP contribution in [0, 0.1) is 0 Å². The van der Waals surface area contributed by atoms with Crippen LogP contribution in [0.1, 0.15) is 24.2 Å². The van der Waals surface area contributed by atoms with Crippen LogP contribution in [0.25, 0.3) is 21.3 Å². The van der Waals surface area contributed by atoms with Gasteiger partial charge in [0.05, 0.1) is 36.2 Å². The van der Waals surface area contributed by atoms with Crippen molar-refractivity contribution < 1.29 is 19.1 Å². The zero-order chi connectivity index (χ0) is 24.1. The number of aromatic nitrogens is 2. The fourth-order valence-corrected chi connectivity index (χ4v) is 4.42. The Bertz CT molecular complexity index is 1390. The second kappa shape index (κ2) is 10.3. The molecule has 34 heavy (non-hydrogen) atoms. The Morgan fingerprint density at radius 1 is 1.06 bits per heavy atom. The molecule has 2 aromatic heterocycles. The van der Waals surface area contributed by atoms with Crippen LogP contribution in [0.15, 0.2) is 65.0 Å². The highest BCUT2D eigenvalue weighted by molar-refractivity contribution is 7.17. The Hall–Kier alpha value is -3.98. The molecule has 0 saturated carbocycles. The van der Waals surface area contributed by atoms with Crippen molar-refractivity contribution in [3.63, 3.8) is 0 Å². The van der Waals surface area contributed by atoms with Gasteiger partial charge in [0.25, 0.3) is 5.56 Å². The molecule has 9 heteroatoms. The molecule has 4 aromatic rings. The number of carbonyl (C=O) groups is 2. The van der Waals surface area contributed by atoms with E-state index in [0.717, 1.165) is 16.9 Å². The average Bonchev–Trinajstić information content (AvgIpc) is 3.27. The van der Waals surface area contributed by atoms with Crippen molar-refractivity contribution in [2.24, 2.45) is 0 Å². The molecule has 2 aromatic carbocycles. The number of hydrogen-bond acceptors (Lipinski definition) is 7. The Morgan fingerprint density at radius 2 is 1.82 bits per heavy atom. The number of anilines is 1. The van der Waals surface area contributed by atoms with Crippen molar-refractivity contribution in [3.8, 4) is 16.9 Å². The molecule has 2 heterocycles. The van der Waals surface area contributed by atoms with Crippen LogP contribution in [0.5, 0.6) is 5.75 Å². The van der Waals surface area contributed by atoms with E-state index in [9.17, 15) is 14.4 Å². The molecule has 0 radical (unpaired) electrons. The molecule has 0 spiro atoms. The van der Waals surface area contributed by atoms with Gasteiger partial charge < -0.3 is 14.8 Å². The minimum absolute atomic E-state index is 0.222. The van der Waals surface area contributed by atoms with Crippen molar-refractivity contribution in [3.05, 3.63) is 76.2 Å². The highest BCUT2D eigenvalue weighted by atomic mass is 32.1. The number of benzene rings is 2. The summed E-state index contributed by atoms with van der Waals surface area (Å²) in [7, 11) is 0. The number of nitrogens with zero attached hydrogens (tertiary/aromatic N) is 2. The zero-order valence-corrected chi connectivity index (χ0v) is 19.6. The summed E-state index contributed by atoms with van der Waals surface area (Å²) in [5.41, 5.74) is 1.86. The lowest BCUT2D eigenvalue weighted by Crippen LogP contribution is -2.28. The molecule has 4 rings (SSSR count). The Morgan fingerprint density at radius 3 is 2.56 bits per heavy atom. The van der Waals surface area contributed by atoms with Gasteiger partial charge in [0.2, 0.25) is 5.91 Å². The minimum Gasteiger partial charge on any atom is -0.494 e. The average molecular weight is 478 g/mol. The number of hydrogen-bond donors (Lipinski definition) is 1. The van der Waals surface area contributed by atoms with Gasteiger partial charge in [-0.2, -0.15) is 0 Å². The van der Waals surface area contributed by atoms with Crippen molar-refractivity contribution in [2.75, 3.05) is 18.5 Å². The smallest absolute Gasteiger partial charge is 0.340 e. The van der Waals surface area contributed by atoms with Gasteiger partial charge in [0.1, 0.15) is 17.1 Å². The normalized spacial score (nSPS) is 10.8. The molecule has 8 nitrogen and oxygen atoms in total. The number of carbonyl (C=O) groups excluding carboxylic acids is 2. The molecule has 1 N–H and O–H groups in total. The summed E-state index contributed by atoms with van der Waals surface area (Å²) < 4.78 is 11.8. The number of para-hydroxylation sites is 1. The lowest BCUT2D eigenvalue weighted by Gasteiger charge is -2.11. The molecule has 0 unspecified atom stereocenters. The van der Waals surface area contributed by atoms with Crippen molar-refractivity contribution in [1.29, 1.82) is 0 Å². The van der Waals surface area contributed by atoms with Crippen LogP contribution in [-0.2, 0) is 16.1 Å². The second-order valence-corrected chi connectivity index (χ2v) is 8.14. The number of esters is 1. The number of fused-ring (bicyclic) bond motifs is 1. The molecule has 0 aliphatic carbocycles. The quantitative estimate of drug-likeness (QED) is 0.379. The topological polar surface area (TPSA) is 99.5 Å². The molecule has 0 bridgehead atoms. The van der Waals surface area contributed by atoms with E-state index in [1.54, 1.807) is 31.2 Å². The Kier molecular flexibility index (Phi) is 7.03. The van der Waals surface area contributed by atoms with Crippen LogP contribution in [0.3, 0.4) is 0 Å². The summed E-state index contributed by atoms with van der Waals surface area (Å²) in [6, 6.07) is 14.1. The molecule has 0 aliphatic rings. The number of ether oxygens (including phenoxy) is 2. The van der Waals surface area contributed by atoms with Gasteiger partial charge in [-0.15, -0.1) is 11.3 Å². The summed E-state index contributed by atoms with van der Waals surface area (Å²) in [5.74, 6) is -0.240. The van der Waals surface area contributed by atoms with Crippen LogP contribution < -0.4 is 15.6 Å². The highest BCUT2D eigenvalue weighted by Crippen LogP contribution is 2.31. The van der Waals surface area contributed by atoms with Gasteiger partial charge in [-0.3, -0.25) is 14.2 Å². The maximum absolute atomic E-state index is 13.3. The molecule has 1 amide bonds. The van der Waals surface area contributed by atoms with Crippen molar-refractivity contribution in [2.45, 2.75) is 20.4 Å². The van der Waals surface area contributed by atoms with Gasteiger partial charge in [-0.25, -0.2) is 9.78 Å². The zero-order valence-electron chi connectivity index (χ0n) is 18.7. The van der Waals surface area contributed by atoms with Gasteiger partial charge in [0, 0.05) is 10.9 Å². The fourth-order valence-electron chi connectivity index (χ4n) is 3.51. The van der Waals surface area contributed by atoms with E-state index in [1.807, 2.05) is 36.6 Å². The Balaban J connectivity index is 1.60. The van der Waals surface area contributed by atoms with E-state index < -0.39 is 11.9 Å². The largest absolute Gasteiger partial charge is 0.494 e. The lowest BCUT2D eigenvalue weighted by molar-refractivity contribution is -0.116. The number of thiophene rings is 1.